The molecule has 0 saturated carbocycles. The molecule has 0 saturated heterocycles. The maximum Gasteiger partial charge on any atom is 0.337 e. The molecule has 0 amide bonds. The van der Waals surface area contributed by atoms with Crippen LogP contribution >= 0.6 is 0 Å². The van der Waals surface area contributed by atoms with Gasteiger partial charge in [0.05, 0.1) is 18.9 Å². The lowest BCUT2D eigenvalue weighted by Gasteiger charge is -2.35. The lowest BCUT2D eigenvalue weighted by atomic mass is 10.1. The Balaban J connectivity index is 2.66. The summed E-state index contributed by atoms with van der Waals surface area (Å²) in [5.74, 6) is -0.841. The van der Waals surface area contributed by atoms with Crippen LogP contribution in [-0.2, 0) is 23.4 Å². The molecule has 1 aliphatic rings. The molecule has 0 aromatic carbocycles. The van der Waals surface area contributed by atoms with E-state index in [2.05, 4.69) is 40.4 Å². The van der Waals surface area contributed by atoms with E-state index in [1.54, 1.807) is 13.8 Å². The fourth-order valence-electron chi connectivity index (χ4n) is 2.03. The minimum Gasteiger partial charge on any atom is -0.494 e. The van der Waals surface area contributed by atoms with Gasteiger partial charge in [0.2, 0.25) is 5.79 Å². The van der Waals surface area contributed by atoms with Crippen LogP contribution < -0.4 is 0 Å². The lowest BCUT2D eigenvalue weighted by molar-refractivity contribution is -0.206. The van der Waals surface area contributed by atoms with Crippen LogP contribution in [-0.4, -0.2) is 32.8 Å². The Hall–Kier alpha value is -1.53. The molecular weight excluding hydrogens is 336 g/mol. The van der Waals surface area contributed by atoms with E-state index in [4.69, 9.17) is 18.6 Å². The number of cyclic esters (lactones) is 1. The summed E-state index contributed by atoms with van der Waals surface area (Å²) in [5.41, 5.74) is 0. The van der Waals surface area contributed by atoms with Crippen molar-refractivity contribution in [1.82, 2.24) is 0 Å². The molecule has 0 aliphatic carbocycles. The van der Waals surface area contributed by atoms with Crippen LogP contribution in [0.3, 0.4) is 0 Å². The quantitative estimate of drug-likeness (QED) is 0.269. The van der Waals surface area contributed by atoms with E-state index in [0.29, 0.717) is 18.8 Å². The summed E-state index contributed by atoms with van der Waals surface area (Å²) in [4.78, 5) is 11.6. The van der Waals surface area contributed by atoms with Crippen molar-refractivity contribution >= 4 is 14.3 Å². The van der Waals surface area contributed by atoms with Gasteiger partial charge in [0.15, 0.2) is 8.32 Å². The van der Waals surface area contributed by atoms with Crippen LogP contribution in [0.25, 0.3) is 0 Å². The van der Waals surface area contributed by atoms with E-state index < -0.39 is 20.1 Å². The molecule has 1 rings (SSSR count). The van der Waals surface area contributed by atoms with Crippen LogP contribution in [0, 0.1) is 0 Å². The van der Waals surface area contributed by atoms with Crippen molar-refractivity contribution in [2.75, 3.05) is 6.61 Å². The zero-order valence-electron chi connectivity index (χ0n) is 16.5. The molecule has 0 radical (unpaired) electrons. The summed E-state index contributed by atoms with van der Waals surface area (Å²) in [6, 6.07) is 0. The molecule has 25 heavy (non-hydrogen) atoms. The van der Waals surface area contributed by atoms with Gasteiger partial charge in [0, 0.05) is 20.3 Å². The average Bonchev–Trinajstić information content (AvgIpc) is 2.40. The fourth-order valence-corrected chi connectivity index (χ4v) is 2.98. The first-order valence-electron chi connectivity index (χ1n) is 8.56. The van der Waals surface area contributed by atoms with Crippen molar-refractivity contribution in [1.29, 1.82) is 0 Å². The third-order valence-corrected chi connectivity index (χ3v) is 8.87. The van der Waals surface area contributed by atoms with Crippen LogP contribution in [0.4, 0.5) is 0 Å². The zero-order valence-corrected chi connectivity index (χ0v) is 17.5. The molecule has 0 aromatic rings. The number of rotatable bonds is 8. The number of hydrogen-bond acceptors (Lipinski definition) is 5. The van der Waals surface area contributed by atoms with Crippen LogP contribution in [0.1, 0.15) is 41.0 Å². The Kier molecular flexibility index (Phi) is 7.08. The second-order valence-electron chi connectivity index (χ2n) is 8.08. The van der Waals surface area contributed by atoms with E-state index >= 15 is 0 Å². The second kappa shape index (κ2) is 8.23. The summed E-state index contributed by atoms with van der Waals surface area (Å²) < 4.78 is 22.4. The van der Waals surface area contributed by atoms with E-state index in [1.807, 2.05) is 12.2 Å². The molecule has 1 atom stereocenters. The molecular formula is C19H32O5Si. The molecule has 0 unspecified atom stereocenters. The third kappa shape index (κ3) is 7.08. The van der Waals surface area contributed by atoms with Crippen molar-refractivity contribution in [3.63, 3.8) is 0 Å². The SMILES string of the molecule is C=CO[C@H](/C=C/CO[Si](C)(C)C(C)(C)C)CC1=CC(=O)OC(C)(C)O1. The summed E-state index contributed by atoms with van der Waals surface area (Å²) in [6.45, 7) is 18.6. The highest BCUT2D eigenvalue weighted by Gasteiger charge is 2.36. The molecule has 0 spiro atoms. The maximum absolute atomic E-state index is 11.6. The average molecular weight is 369 g/mol. The molecule has 5 nitrogen and oxygen atoms in total. The lowest BCUT2D eigenvalue weighted by Crippen LogP contribution is -2.40. The highest BCUT2D eigenvalue weighted by Crippen LogP contribution is 2.36. The van der Waals surface area contributed by atoms with Gasteiger partial charge in [-0.25, -0.2) is 4.79 Å². The number of esters is 1. The highest BCUT2D eigenvalue weighted by molar-refractivity contribution is 6.74. The number of carbonyl (C=O) groups excluding carboxylic acids is 1. The van der Waals surface area contributed by atoms with Gasteiger partial charge in [0.1, 0.15) is 11.9 Å². The van der Waals surface area contributed by atoms with Gasteiger partial charge in [0.25, 0.3) is 0 Å². The standard InChI is InChI=1S/C19H32O5Si/c1-9-21-15(11-10-12-22-25(7,8)18(2,3)4)13-16-14-17(20)24-19(5,6)23-16/h9-11,14-15H,1,12-13H2,2-8H3/b11-10+/t15-/m1/s1. The first-order valence-corrected chi connectivity index (χ1v) is 11.5. The van der Waals surface area contributed by atoms with E-state index in [-0.39, 0.29) is 11.1 Å². The number of hydrogen-bond donors (Lipinski definition) is 0. The highest BCUT2D eigenvalue weighted by atomic mass is 28.4. The summed E-state index contributed by atoms with van der Waals surface area (Å²) in [7, 11) is -1.78. The molecule has 0 bridgehead atoms. The number of ether oxygens (including phenoxy) is 3. The first kappa shape index (κ1) is 21.5. The summed E-state index contributed by atoms with van der Waals surface area (Å²) in [6.07, 6.45) is 6.73. The Morgan fingerprint density at radius 2 is 1.96 bits per heavy atom. The van der Waals surface area contributed by atoms with E-state index in [1.165, 1.54) is 12.3 Å². The van der Waals surface area contributed by atoms with Crippen molar-refractivity contribution in [3.8, 4) is 0 Å². The Morgan fingerprint density at radius 1 is 1.32 bits per heavy atom. The van der Waals surface area contributed by atoms with Gasteiger partial charge >= 0.3 is 5.97 Å². The van der Waals surface area contributed by atoms with Crippen LogP contribution in [0.2, 0.25) is 18.1 Å². The van der Waals surface area contributed by atoms with E-state index in [0.717, 1.165) is 0 Å². The topological polar surface area (TPSA) is 54.0 Å². The summed E-state index contributed by atoms with van der Waals surface area (Å²) >= 11 is 0. The Labute approximate surface area is 152 Å². The first-order chi connectivity index (χ1) is 11.4. The van der Waals surface area contributed by atoms with Crippen LogP contribution in [0.15, 0.2) is 36.8 Å². The molecule has 0 N–H and O–H groups in total. The van der Waals surface area contributed by atoms with Gasteiger partial charge in [-0.1, -0.05) is 33.4 Å². The van der Waals surface area contributed by atoms with Crippen molar-refractivity contribution in [2.45, 2.75) is 71.1 Å². The Bertz CT molecular complexity index is 541. The summed E-state index contributed by atoms with van der Waals surface area (Å²) in [5, 5.41) is 0.171. The molecule has 1 heterocycles. The maximum atomic E-state index is 11.6. The van der Waals surface area contributed by atoms with E-state index in [9.17, 15) is 4.79 Å². The molecule has 0 fully saturated rings. The van der Waals surface area contributed by atoms with Crippen molar-refractivity contribution < 1.29 is 23.4 Å². The smallest absolute Gasteiger partial charge is 0.337 e. The van der Waals surface area contributed by atoms with Gasteiger partial charge in [-0.3, -0.25) is 0 Å². The largest absolute Gasteiger partial charge is 0.494 e. The normalized spacial score (nSPS) is 19.0. The van der Waals surface area contributed by atoms with Crippen LogP contribution in [0.5, 0.6) is 0 Å². The third-order valence-electron chi connectivity index (χ3n) is 4.37. The zero-order chi connectivity index (χ0) is 19.3. The predicted molar refractivity (Wildman–Crippen MR) is 101 cm³/mol. The minimum absolute atomic E-state index is 0.171. The van der Waals surface area contributed by atoms with Gasteiger partial charge in [-0.15, -0.1) is 0 Å². The van der Waals surface area contributed by atoms with Crippen molar-refractivity contribution in [3.05, 3.63) is 36.8 Å². The van der Waals surface area contributed by atoms with Gasteiger partial charge < -0.3 is 18.6 Å². The Morgan fingerprint density at radius 3 is 2.48 bits per heavy atom. The monoisotopic (exact) mass is 368 g/mol. The van der Waals surface area contributed by atoms with Gasteiger partial charge in [-0.2, -0.15) is 0 Å². The molecule has 6 heteroatoms. The van der Waals surface area contributed by atoms with Crippen molar-refractivity contribution in [2.24, 2.45) is 0 Å². The molecule has 0 aromatic heterocycles. The fraction of sp³-hybridized carbons (Fsp3) is 0.632. The van der Waals surface area contributed by atoms with Gasteiger partial charge in [-0.05, 0) is 24.2 Å². The molecule has 1 aliphatic heterocycles. The number of carbonyl (C=O) groups is 1. The second-order valence-corrected chi connectivity index (χ2v) is 12.9. The molecule has 142 valence electrons. The predicted octanol–water partition coefficient (Wildman–Crippen LogP) is 4.68. The minimum atomic E-state index is -1.78.